The molecule has 0 atom stereocenters. The molecule has 0 radical (unpaired) electrons. The van der Waals surface area contributed by atoms with Crippen molar-refractivity contribution in [2.24, 2.45) is 0 Å². The first-order valence-electron chi connectivity index (χ1n) is 4.87. The quantitative estimate of drug-likeness (QED) is 0.918. The highest BCUT2D eigenvalue weighted by Crippen LogP contribution is 2.33. The van der Waals surface area contributed by atoms with Gasteiger partial charge in [0.25, 0.3) is 0 Å². The highest BCUT2D eigenvalue weighted by atomic mass is 79.9. The van der Waals surface area contributed by atoms with Crippen molar-refractivity contribution in [2.45, 2.75) is 25.0 Å². The Morgan fingerprint density at radius 3 is 2.67 bits per heavy atom. The summed E-state index contributed by atoms with van der Waals surface area (Å²) in [5.74, 6) is 1.59. The second-order valence-corrected chi connectivity index (χ2v) is 4.52. The molecule has 1 saturated carbocycles. The lowest BCUT2D eigenvalue weighted by molar-refractivity contribution is -0.0111. The van der Waals surface area contributed by atoms with Crippen molar-refractivity contribution in [3.05, 3.63) is 22.7 Å². The van der Waals surface area contributed by atoms with Gasteiger partial charge in [-0.2, -0.15) is 0 Å². The van der Waals surface area contributed by atoms with Crippen molar-refractivity contribution < 1.29 is 14.6 Å². The minimum Gasteiger partial charge on any atom is -0.497 e. The molecule has 0 aromatic heterocycles. The normalized spacial score (nSPS) is 24.5. The molecule has 0 saturated heterocycles. The monoisotopic (exact) mass is 272 g/mol. The van der Waals surface area contributed by atoms with E-state index in [-0.39, 0.29) is 12.2 Å². The first-order chi connectivity index (χ1) is 7.19. The van der Waals surface area contributed by atoms with Crippen LogP contribution in [0.4, 0.5) is 0 Å². The summed E-state index contributed by atoms with van der Waals surface area (Å²) in [6.07, 6.45) is 1.40. The third-order valence-electron chi connectivity index (χ3n) is 2.50. The summed E-state index contributed by atoms with van der Waals surface area (Å²) in [5.41, 5.74) is 0. The number of halogens is 1. The lowest BCUT2D eigenvalue weighted by atomic mass is 9.92. The van der Waals surface area contributed by atoms with Crippen LogP contribution >= 0.6 is 15.9 Å². The van der Waals surface area contributed by atoms with E-state index in [1.165, 1.54) is 0 Å². The van der Waals surface area contributed by atoms with Gasteiger partial charge in [0.05, 0.1) is 17.7 Å². The molecular weight excluding hydrogens is 260 g/mol. The van der Waals surface area contributed by atoms with Gasteiger partial charge in [-0.1, -0.05) is 0 Å². The summed E-state index contributed by atoms with van der Waals surface area (Å²) in [7, 11) is 1.63. The van der Waals surface area contributed by atoms with E-state index in [0.29, 0.717) is 0 Å². The maximum atomic E-state index is 9.14. The fraction of sp³-hybridized carbons (Fsp3) is 0.455. The highest BCUT2D eigenvalue weighted by molar-refractivity contribution is 9.10. The van der Waals surface area contributed by atoms with Crippen molar-refractivity contribution >= 4 is 15.9 Å². The Kier molecular flexibility index (Phi) is 3.17. The SMILES string of the molecule is COc1ccc(OC2CC(O)C2)c(Br)c1. The molecule has 3 nitrogen and oxygen atoms in total. The summed E-state index contributed by atoms with van der Waals surface area (Å²) >= 11 is 3.42. The molecule has 0 heterocycles. The van der Waals surface area contributed by atoms with Gasteiger partial charge in [0, 0.05) is 12.8 Å². The molecular formula is C11H13BrO3. The van der Waals surface area contributed by atoms with Crippen LogP contribution in [0.2, 0.25) is 0 Å². The standard InChI is InChI=1S/C11H13BrO3/c1-14-8-2-3-11(10(12)6-8)15-9-4-7(13)5-9/h2-3,6-7,9,13H,4-5H2,1H3. The Morgan fingerprint density at radius 1 is 1.40 bits per heavy atom. The third-order valence-corrected chi connectivity index (χ3v) is 3.12. The number of aliphatic hydroxyl groups is 1. The third kappa shape index (κ3) is 2.44. The number of rotatable bonds is 3. The summed E-state index contributed by atoms with van der Waals surface area (Å²) in [6, 6.07) is 5.59. The number of aliphatic hydroxyl groups excluding tert-OH is 1. The summed E-state index contributed by atoms with van der Waals surface area (Å²) < 4.78 is 11.7. The molecule has 4 heteroatoms. The maximum absolute atomic E-state index is 9.14. The van der Waals surface area contributed by atoms with Gasteiger partial charge in [-0.15, -0.1) is 0 Å². The summed E-state index contributed by atoms with van der Waals surface area (Å²) in [4.78, 5) is 0. The smallest absolute Gasteiger partial charge is 0.134 e. The van der Waals surface area contributed by atoms with Crippen LogP contribution in [-0.4, -0.2) is 24.4 Å². The Balaban J connectivity index is 2.02. The molecule has 2 rings (SSSR count). The predicted octanol–water partition coefficient (Wildman–Crippen LogP) is 2.36. The van der Waals surface area contributed by atoms with Gasteiger partial charge < -0.3 is 14.6 Å². The number of hydrogen-bond donors (Lipinski definition) is 1. The molecule has 0 bridgehead atoms. The van der Waals surface area contributed by atoms with Gasteiger partial charge in [0.15, 0.2) is 0 Å². The maximum Gasteiger partial charge on any atom is 0.134 e. The van der Waals surface area contributed by atoms with Gasteiger partial charge in [0.1, 0.15) is 17.6 Å². The van der Waals surface area contributed by atoms with Crippen LogP contribution < -0.4 is 9.47 Å². The second kappa shape index (κ2) is 4.41. The van der Waals surface area contributed by atoms with Gasteiger partial charge in [0.2, 0.25) is 0 Å². The molecule has 0 amide bonds. The molecule has 0 spiro atoms. The van der Waals surface area contributed by atoms with Crippen LogP contribution in [0.3, 0.4) is 0 Å². The zero-order valence-electron chi connectivity index (χ0n) is 8.44. The average Bonchev–Trinajstić information content (AvgIpc) is 2.18. The van der Waals surface area contributed by atoms with Crippen LogP contribution in [0, 0.1) is 0 Å². The van der Waals surface area contributed by atoms with E-state index in [1.54, 1.807) is 7.11 Å². The number of benzene rings is 1. The summed E-state index contributed by atoms with van der Waals surface area (Å²) in [6.45, 7) is 0. The van der Waals surface area contributed by atoms with Crippen molar-refractivity contribution in [1.82, 2.24) is 0 Å². The zero-order chi connectivity index (χ0) is 10.8. The predicted molar refractivity (Wildman–Crippen MR) is 60.4 cm³/mol. The molecule has 1 N–H and O–H groups in total. The average molecular weight is 273 g/mol. The molecule has 1 aromatic carbocycles. The molecule has 1 aliphatic carbocycles. The lowest BCUT2D eigenvalue weighted by Gasteiger charge is -2.31. The molecule has 1 aromatic rings. The Bertz CT molecular complexity index is 348. The first-order valence-corrected chi connectivity index (χ1v) is 5.66. The molecule has 1 fully saturated rings. The van der Waals surface area contributed by atoms with Gasteiger partial charge in [-0.05, 0) is 34.1 Å². The van der Waals surface area contributed by atoms with Crippen molar-refractivity contribution in [3.8, 4) is 11.5 Å². The molecule has 1 aliphatic rings. The van der Waals surface area contributed by atoms with Crippen LogP contribution in [0.15, 0.2) is 22.7 Å². The van der Waals surface area contributed by atoms with Gasteiger partial charge in [-0.3, -0.25) is 0 Å². The Hall–Kier alpha value is -0.740. The molecule has 15 heavy (non-hydrogen) atoms. The van der Waals surface area contributed by atoms with Crippen LogP contribution in [0.25, 0.3) is 0 Å². The zero-order valence-corrected chi connectivity index (χ0v) is 10.0. The fourth-order valence-electron chi connectivity index (χ4n) is 1.52. The topological polar surface area (TPSA) is 38.7 Å². The number of methoxy groups -OCH3 is 1. The van der Waals surface area contributed by atoms with E-state index in [4.69, 9.17) is 14.6 Å². The molecule has 0 unspecified atom stereocenters. The van der Waals surface area contributed by atoms with Gasteiger partial charge in [-0.25, -0.2) is 0 Å². The van der Waals surface area contributed by atoms with E-state index in [9.17, 15) is 0 Å². The minimum atomic E-state index is -0.188. The molecule has 82 valence electrons. The fourth-order valence-corrected chi connectivity index (χ4v) is 1.97. The first kappa shape index (κ1) is 10.8. The minimum absolute atomic E-state index is 0.143. The van der Waals surface area contributed by atoms with Crippen LogP contribution in [-0.2, 0) is 0 Å². The lowest BCUT2D eigenvalue weighted by Crippen LogP contribution is -2.37. The highest BCUT2D eigenvalue weighted by Gasteiger charge is 2.29. The Morgan fingerprint density at radius 2 is 2.13 bits per heavy atom. The van der Waals surface area contributed by atoms with E-state index >= 15 is 0 Å². The number of hydrogen-bond acceptors (Lipinski definition) is 3. The van der Waals surface area contributed by atoms with E-state index in [2.05, 4.69) is 15.9 Å². The second-order valence-electron chi connectivity index (χ2n) is 3.66. The molecule has 0 aliphatic heterocycles. The summed E-state index contributed by atoms with van der Waals surface area (Å²) in [5, 5.41) is 9.14. The van der Waals surface area contributed by atoms with Gasteiger partial charge >= 0.3 is 0 Å². The van der Waals surface area contributed by atoms with Crippen molar-refractivity contribution in [1.29, 1.82) is 0 Å². The van der Waals surface area contributed by atoms with E-state index in [1.807, 2.05) is 18.2 Å². The van der Waals surface area contributed by atoms with E-state index in [0.717, 1.165) is 28.8 Å². The van der Waals surface area contributed by atoms with Crippen molar-refractivity contribution in [2.75, 3.05) is 7.11 Å². The number of ether oxygens (including phenoxy) is 2. The van der Waals surface area contributed by atoms with Crippen LogP contribution in [0.1, 0.15) is 12.8 Å². The van der Waals surface area contributed by atoms with E-state index < -0.39 is 0 Å². The van der Waals surface area contributed by atoms with Crippen LogP contribution in [0.5, 0.6) is 11.5 Å². The largest absolute Gasteiger partial charge is 0.497 e. The Labute approximate surface area is 97.1 Å². The van der Waals surface area contributed by atoms with Crippen molar-refractivity contribution in [3.63, 3.8) is 0 Å².